The summed E-state index contributed by atoms with van der Waals surface area (Å²) in [5.41, 5.74) is 5.64. The number of hydrogen-bond donors (Lipinski definition) is 1. The van der Waals surface area contributed by atoms with Crippen LogP contribution in [-0.4, -0.2) is 42.6 Å². The molecular weight excluding hydrogens is 180 g/mol. The Morgan fingerprint density at radius 3 is 2.86 bits per heavy atom. The van der Waals surface area contributed by atoms with E-state index in [2.05, 4.69) is 0 Å². The summed E-state index contributed by atoms with van der Waals surface area (Å²) in [6.07, 6.45) is 4.51. The van der Waals surface area contributed by atoms with Gasteiger partial charge in [-0.15, -0.1) is 0 Å². The largest absolute Gasteiger partial charge is 0.376 e. The summed E-state index contributed by atoms with van der Waals surface area (Å²) in [4.78, 5) is 13.4. The van der Waals surface area contributed by atoms with Crippen LogP contribution in [0.2, 0.25) is 0 Å². The summed E-state index contributed by atoms with van der Waals surface area (Å²) >= 11 is 0. The molecule has 4 nitrogen and oxygen atoms in total. The second-order valence-corrected chi connectivity index (χ2v) is 4.17. The monoisotopic (exact) mass is 198 g/mol. The van der Waals surface area contributed by atoms with E-state index >= 15 is 0 Å². The SMILES string of the molecule is NC1CCN(CC2CCCCO2)C1=O. The molecule has 0 spiro atoms. The number of amides is 1. The predicted octanol–water partition coefficient (Wildman–Crippen LogP) is 0.115. The highest BCUT2D eigenvalue weighted by Crippen LogP contribution is 2.17. The summed E-state index contributed by atoms with van der Waals surface area (Å²) in [5.74, 6) is 0.0965. The lowest BCUT2D eigenvalue weighted by atomic mass is 10.1. The van der Waals surface area contributed by atoms with Crippen molar-refractivity contribution in [1.82, 2.24) is 4.90 Å². The minimum Gasteiger partial charge on any atom is -0.376 e. The van der Waals surface area contributed by atoms with Gasteiger partial charge in [0.1, 0.15) is 0 Å². The smallest absolute Gasteiger partial charge is 0.239 e. The van der Waals surface area contributed by atoms with E-state index in [1.807, 2.05) is 4.90 Å². The fraction of sp³-hybridized carbons (Fsp3) is 0.900. The van der Waals surface area contributed by atoms with Crippen LogP contribution in [0.4, 0.5) is 0 Å². The first-order valence-electron chi connectivity index (χ1n) is 5.43. The molecule has 0 radical (unpaired) electrons. The topological polar surface area (TPSA) is 55.6 Å². The average Bonchev–Trinajstić information content (AvgIpc) is 2.52. The van der Waals surface area contributed by atoms with Crippen molar-refractivity contribution in [3.63, 3.8) is 0 Å². The Labute approximate surface area is 84.4 Å². The molecule has 2 saturated heterocycles. The second-order valence-electron chi connectivity index (χ2n) is 4.17. The predicted molar refractivity (Wildman–Crippen MR) is 52.8 cm³/mol. The van der Waals surface area contributed by atoms with Crippen molar-refractivity contribution in [3.8, 4) is 0 Å². The molecule has 2 heterocycles. The molecule has 2 fully saturated rings. The highest BCUT2D eigenvalue weighted by atomic mass is 16.5. The Morgan fingerprint density at radius 1 is 1.43 bits per heavy atom. The van der Waals surface area contributed by atoms with Gasteiger partial charge in [0.25, 0.3) is 0 Å². The summed E-state index contributed by atoms with van der Waals surface area (Å²) < 4.78 is 5.59. The fourth-order valence-corrected chi connectivity index (χ4v) is 2.14. The molecule has 0 aromatic rings. The number of hydrogen-bond acceptors (Lipinski definition) is 3. The standard InChI is InChI=1S/C10H18N2O2/c11-9-4-5-12(10(9)13)7-8-3-1-2-6-14-8/h8-9H,1-7,11H2. The summed E-state index contributed by atoms with van der Waals surface area (Å²) in [7, 11) is 0. The first kappa shape index (κ1) is 9.93. The maximum atomic E-state index is 11.5. The van der Waals surface area contributed by atoms with Crippen LogP contribution in [0.5, 0.6) is 0 Å². The fourth-order valence-electron chi connectivity index (χ4n) is 2.14. The van der Waals surface area contributed by atoms with Crippen molar-refractivity contribution in [2.45, 2.75) is 37.8 Å². The van der Waals surface area contributed by atoms with Crippen LogP contribution in [0.3, 0.4) is 0 Å². The molecule has 0 aromatic heterocycles. The first-order chi connectivity index (χ1) is 6.77. The van der Waals surface area contributed by atoms with Gasteiger partial charge in [-0.25, -0.2) is 0 Å². The molecule has 4 heteroatoms. The molecule has 2 aliphatic rings. The molecule has 0 aromatic carbocycles. The molecule has 2 rings (SSSR count). The van der Waals surface area contributed by atoms with Crippen LogP contribution in [0.25, 0.3) is 0 Å². The number of likely N-dealkylation sites (tertiary alicyclic amines) is 1. The molecule has 0 saturated carbocycles. The van der Waals surface area contributed by atoms with Crippen LogP contribution in [0, 0.1) is 0 Å². The van der Waals surface area contributed by atoms with E-state index in [0.29, 0.717) is 0 Å². The molecule has 14 heavy (non-hydrogen) atoms. The van der Waals surface area contributed by atoms with Crippen LogP contribution in [0.15, 0.2) is 0 Å². The lowest BCUT2D eigenvalue weighted by Gasteiger charge is -2.27. The summed E-state index contributed by atoms with van der Waals surface area (Å²) in [5, 5.41) is 0. The van der Waals surface area contributed by atoms with E-state index in [0.717, 1.165) is 39.0 Å². The minimum atomic E-state index is -0.265. The van der Waals surface area contributed by atoms with Crippen molar-refractivity contribution >= 4 is 5.91 Å². The number of nitrogens with zero attached hydrogens (tertiary/aromatic N) is 1. The maximum Gasteiger partial charge on any atom is 0.239 e. The Bertz CT molecular complexity index is 214. The van der Waals surface area contributed by atoms with E-state index in [9.17, 15) is 4.79 Å². The third-order valence-electron chi connectivity index (χ3n) is 3.04. The zero-order chi connectivity index (χ0) is 9.97. The summed E-state index contributed by atoms with van der Waals surface area (Å²) in [6.45, 7) is 2.39. The van der Waals surface area contributed by atoms with Gasteiger partial charge in [0.15, 0.2) is 0 Å². The Kier molecular flexibility index (Phi) is 3.03. The zero-order valence-electron chi connectivity index (χ0n) is 8.45. The number of rotatable bonds is 2. The summed E-state index contributed by atoms with van der Waals surface area (Å²) in [6, 6.07) is -0.265. The van der Waals surface area contributed by atoms with Gasteiger partial charge in [-0.3, -0.25) is 4.79 Å². The molecule has 0 bridgehead atoms. The minimum absolute atomic E-state index is 0.0965. The molecule has 2 atom stereocenters. The van der Waals surface area contributed by atoms with Gasteiger partial charge in [-0.2, -0.15) is 0 Å². The average molecular weight is 198 g/mol. The Hall–Kier alpha value is -0.610. The lowest BCUT2D eigenvalue weighted by Crippen LogP contribution is -2.40. The number of ether oxygens (including phenoxy) is 1. The molecule has 0 aliphatic carbocycles. The van der Waals surface area contributed by atoms with Crippen LogP contribution >= 0.6 is 0 Å². The van der Waals surface area contributed by atoms with Crippen LogP contribution < -0.4 is 5.73 Å². The number of carbonyl (C=O) groups excluding carboxylic acids is 1. The molecule has 1 amide bonds. The first-order valence-corrected chi connectivity index (χ1v) is 5.43. The van der Waals surface area contributed by atoms with E-state index in [1.54, 1.807) is 0 Å². The van der Waals surface area contributed by atoms with Crippen LogP contribution in [-0.2, 0) is 9.53 Å². The van der Waals surface area contributed by atoms with Crippen molar-refractivity contribution in [2.24, 2.45) is 5.73 Å². The Morgan fingerprint density at radius 2 is 2.29 bits per heavy atom. The van der Waals surface area contributed by atoms with Crippen molar-refractivity contribution < 1.29 is 9.53 Å². The van der Waals surface area contributed by atoms with Gasteiger partial charge in [0.2, 0.25) is 5.91 Å². The second kappa shape index (κ2) is 4.28. The van der Waals surface area contributed by atoms with E-state index in [-0.39, 0.29) is 18.1 Å². The van der Waals surface area contributed by atoms with Gasteiger partial charge in [0.05, 0.1) is 12.1 Å². The molecule has 80 valence electrons. The highest BCUT2D eigenvalue weighted by molar-refractivity contribution is 5.83. The van der Waals surface area contributed by atoms with Crippen molar-refractivity contribution in [3.05, 3.63) is 0 Å². The molecule has 2 N–H and O–H groups in total. The number of nitrogens with two attached hydrogens (primary N) is 1. The quantitative estimate of drug-likeness (QED) is 0.685. The third-order valence-corrected chi connectivity index (χ3v) is 3.04. The normalized spacial score (nSPS) is 33.8. The van der Waals surface area contributed by atoms with E-state index in [1.165, 1.54) is 6.42 Å². The number of carbonyl (C=O) groups is 1. The van der Waals surface area contributed by atoms with Gasteiger partial charge in [0, 0.05) is 19.7 Å². The molecular formula is C10H18N2O2. The van der Waals surface area contributed by atoms with Gasteiger partial charge < -0.3 is 15.4 Å². The molecule has 2 unspecified atom stereocenters. The van der Waals surface area contributed by atoms with E-state index < -0.39 is 0 Å². The van der Waals surface area contributed by atoms with Gasteiger partial charge >= 0.3 is 0 Å². The molecule has 2 aliphatic heterocycles. The Balaban J connectivity index is 1.82. The maximum absolute atomic E-state index is 11.5. The third kappa shape index (κ3) is 2.07. The zero-order valence-corrected chi connectivity index (χ0v) is 8.45. The highest BCUT2D eigenvalue weighted by Gasteiger charge is 2.30. The van der Waals surface area contributed by atoms with Crippen molar-refractivity contribution in [1.29, 1.82) is 0 Å². The van der Waals surface area contributed by atoms with Crippen molar-refractivity contribution in [2.75, 3.05) is 19.7 Å². The van der Waals surface area contributed by atoms with Gasteiger partial charge in [-0.05, 0) is 25.7 Å². The lowest BCUT2D eigenvalue weighted by molar-refractivity contribution is -0.131. The van der Waals surface area contributed by atoms with Crippen LogP contribution in [0.1, 0.15) is 25.7 Å². The van der Waals surface area contributed by atoms with E-state index in [4.69, 9.17) is 10.5 Å². The van der Waals surface area contributed by atoms with Gasteiger partial charge in [-0.1, -0.05) is 0 Å².